The topological polar surface area (TPSA) is 59.5 Å². The van der Waals surface area contributed by atoms with Gasteiger partial charge in [0, 0.05) is 18.5 Å². The molecule has 2 N–H and O–H groups in total. The molecule has 0 aliphatic carbocycles. The molecule has 2 aromatic rings. The minimum Gasteiger partial charge on any atom is -0.451 e. The highest BCUT2D eigenvalue weighted by Gasteiger charge is 2.22. The van der Waals surface area contributed by atoms with Crippen LogP contribution in [0.1, 0.15) is 10.6 Å². The maximum Gasteiger partial charge on any atom is 0.289 e. The fourth-order valence-electron chi connectivity index (χ4n) is 1.84. The Balaban J connectivity index is 2.24. The minimum atomic E-state index is -2.60. The maximum atomic E-state index is 12.4. The lowest BCUT2D eigenvalue weighted by molar-refractivity contribution is 0.0538. The number of alkyl halides is 2. The number of halogens is 2. The third-order valence-corrected chi connectivity index (χ3v) is 2.68. The molecule has 0 fully saturated rings. The van der Waals surface area contributed by atoms with E-state index in [4.69, 9.17) is 10.2 Å². The predicted molar refractivity (Wildman–Crippen MR) is 67.2 cm³/mol. The average Bonchev–Trinajstić information content (AvgIpc) is 2.80. The molecule has 0 atom stereocenters. The number of hydrogen-bond donors (Lipinski definition) is 1. The van der Waals surface area contributed by atoms with Crippen LogP contribution >= 0.6 is 0 Å². The molecule has 4 nitrogen and oxygen atoms in total. The molecular formula is C13H14F2N2O2. The first-order chi connectivity index (χ1) is 9.11. The first-order valence-electron chi connectivity index (χ1n) is 5.88. The third kappa shape index (κ3) is 3.08. The number of benzene rings is 1. The van der Waals surface area contributed by atoms with E-state index in [9.17, 15) is 13.6 Å². The molecule has 19 heavy (non-hydrogen) atoms. The van der Waals surface area contributed by atoms with Gasteiger partial charge in [-0.05, 0) is 12.1 Å². The van der Waals surface area contributed by atoms with Gasteiger partial charge in [-0.2, -0.15) is 0 Å². The Morgan fingerprint density at radius 2 is 2.11 bits per heavy atom. The zero-order chi connectivity index (χ0) is 13.8. The van der Waals surface area contributed by atoms with Crippen molar-refractivity contribution in [3.05, 3.63) is 36.1 Å². The monoisotopic (exact) mass is 268 g/mol. The van der Waals surface area contributed by atoms with Crippen LogP contribution in [0.15, 0.2) is 34.7 Å². The molecule has 0 radical (unpaired) electrons. The number of hydrogen-bond acceptors (Lipinski definition) is 3. The summed E-state index contributed by atoms with van der Waals surface area (Å²) in [7, 11) is 0. The second-order valence-electron chi connectivity index (χ2n) is 4.08. The van der Waals surface area contributed by atoms with Crippen LogP contribution in [0, 0.1) is 0 Å². The summed E-state index contributed by atoms with van der Waals surface area (Å²) in [5, 5.41) is 0.760. The summed E-state index contributed by atoms with van der Waals surface area (Å²) >= 11 is 0. The number of fused-ring (bicyclic) bond motifs is 1. The number of carbonyl (C=O) groups excluding carboxylic acids is 1. The van der Waals surface area contributed by atoms with E-state index >= 15 is 0 Å². The zero-order valence-corrected chi connectivity index (χ0v) is 10.2. The van der Waals surface area contributed by atoms with Crippen LogP contribution in [-0.4, -0.2) is 36.9 Å². The Labute approximate surface area is 108 Å². The fraction of sp³-hybridized carbons (Fsp3) is 0.308. The molecule has 0 bridgehead atoms. The number of nitrogens with two attached hydrogens (primary N) is 1. The van der Waals surface area contributed by atoms with Crippen LogP contribution in [0.4, 0.5) is 8.78 Å². The summed E-state index contributed by atoms with van der Waals surface area (Å²) in [5.74, 6) is -0.516. The molecule has 1 heterocycles. The molecule has 1 aromatic carbocycles. The van der Waals surface area contributed by atoms with E-state index in [0.29, 0.717) is 5.58 Å². The van der Waals surface area contributed by atoms with Crippen molar-refractivity contribution in [1.82, 2.24) is 4.90 Å². The first kappa shape index (κ1) is 13.5. The van der Waals surface area contributed by atoms with E-state index in [-0.39, 0.29) is 18.8 Å². The Kier molecular flexibility index (Phi) is 4.11. The summed E-state index contributed by atoms with van der Waals surface area (Å²) in [5.41, 5.74) is 5.88. The van der Waals surface area contributed by atoms with Gasteiger partial charge in [-0.25, -0.2) is 8.78 Å². The van der Waals surface area contributed by atoms with Gasteiger partial charge < -0.3 is 15.1 Å². The van der Waals surface area contributed by atoms with Gasteiger partial charge >= 0.3 is 0 Å². The Morgan fingerprint density at radius 1 is 1.37 bits per heavy atom. The second-order valence-corrected chi connectivity index (χ2v) is 4.08. The molecule has 0 saturated carbocycles. The van der Waals surface area contributed by atoms with Gasteiger partial charge in [-0.1, -0.05) is 18.2 Å². The number of carbonyl (C=O) groups is 1. The van der Waals surface area contributed by atoms with E-state index in [1.54, 1.807) is 24.3 Å². The maximum absolute atomic E-state index is 12.4. The average molecular weight is 268 g/mol. The Hall–Kier alpha value is -1.95. The number of furan rings is 1. The minimum absolute atomic E-state index is 0.0512. The first-order valence-corrected chi connectivity index (χ1v) is 5.88. The molecule has 0 spiro atoms. The highest BCUT2D eigenvalue weighted by Crippen LogP contribution is 2.20. The SMILES string of the molecule is NCCN(CC(F)F)C(=O)c1cc2ccccc2o1. The highest BCUT2D eigenvalue weighted by molar-refractivity contribution is 5.96. The van der Waals surface area contributed by atoms with Crippen molar-refractivity contribution in [2.75, 3.05) is 19.6 Å². The molecule has 6 heteroatoms. The van der Waals surface area contributed by atoms with Gasteiger partial charge in [0.05, 0.1) is 6.54 Å². The molecule has 1 aromatic heterocycles. The van der Waals surface area contributed by atoms with Gasteiger partial charge in [0.1, 0.15) is 5.58 Å². The summed E-state index contributed by atoms with van der Waals surface area (Å²) in [4.78, 5) is 13.1. The van der Waals surface area contributed by atoms with Crippen LogP contribution in [0.25, 0.3) is 11.0 Å². The second kappa shape index (κ2) is 5.79. The summed E-state index contributed by atoms with van der Waals surface area (Å²) in [6, 6.07) is 8.63. The van der Waals surface area contributed by atoms with Crippen molar-refractivity contribution in [3.63, 3.8) is 0 Å². The lowest BCUT2D eigenvalue weighted by Gasteiger charge is -2.20. The number of para-hydroxylation sites is 1. The number of rotatable bonds is 5. The summed E-state index contributed by atoms with van der Waals surface area (Å²) in [6.07, 6.45) is -2.60. The largest absolute Gasteiger partial charge is 0.451 e. The third-order valence-electron chi connectivity index (χ3n) is 2.68. The molecule has 102 valence electrons. The van der Waals surface area contributed by atoms with Crippen LogP contribution in [0.5, 0.6) is 0 Å². The van der Waals surface area contributed by atoms with E-state index in [0.717, 1.165) is 10.3 Å². The Morgan fingerprint density at radius 3 is 2.74 bits per heavy atom. The normalized spacial score (nSPS) is 11.2. The van der Waals surface area contributed by atoms with Crippen LogP contribution in [0.2, 0.25) is 0 Å². The van der Waals surface area contributed by atoms with E-state index in [2.05, 4.69) is 0 Å². The van der Waals surface area contributed by atoms with Crippen LogP contribution in [-0.2, 0) is 0 Å². The molecule has 1 amide bonds. The van der Waals surface area contributed by atoms with Crippen molar-refractivity contribution in [2.45, 2.75) is 6.43 Å². The fourth-order valence-corrected chi connectivity index (χ4v) is 1.84. The van der Waals surface area contributed by atoms with Gasteiger partial charge in [0.25, 0.3) is 12.3 Å². The van der Waals surface area contributed by atoms with E-state index < -0.39 is 18.9 Å². The van der Waals surface area contributed by atoms with Crippen molar-refractivity contribution >= 4 is 16.9 Å². The van der Waals surface area contributed by atoms with Crippen molar-refractivity contribution in [3.8, 4) is 0 Å². The zero-order valence-electron chi connectivity index (χ0n) is 10.2. The van der Waals surface area contributed by atoms with Crippen molar-refractivity contribution in [1.29, 1.82) is 0 Å². The molecule has 0 saturated heterocycles. The van der Waals surface area contributed by atoms with Crippen LogP contribution < -0.4 is 5.73 Å². The standard InChI is InChI=1S/C13H14F2N2O2/c14-12(15)8-17(6-5-16)13(18)11-7-9-3-1-2-4-10(9)19-11/h1-4,7,12H,5-6,8,16H2. The van der Waals surface area contributed by atoms with E-state index in [1.165, 1.54) is 0 Å². The van der Waals surface area contributed by atoms with Gasteiger partial charge in [0.2, 0.25) is 0 Å². The van der Waals surface area contributed by atoms with Gasteiger partial charge in [0.15, 0.2) is 5.76 Å². The van der Waals surface area contributed by atoms with E-state index in [1.807, 2.05) is 6.07 Å². The quantitative estimate of drug-likeness (QED) is 0.903. The van der Waals surface area contributed by atoms with Crippen molar-refractivity contribution in [2.24, 2.45) is 5.73 Å². The summed E-state index contributed by atoms with van der Waals surface area (Å²) < 4.78 is 30.2. The molecule has 0 unspecified atom stereocenters. The van der Waals surface area contributed by atoms with Gasteiger partial charge in [-0.3, -0.25) is 4.79 Å². The Bertz CT molecular complexity index is 536. The number of amides is 1. The van der Waals surface area contributed by atoms with Crippen LogP contribution in [0.3, 0.4) is 0 Å². The molecule has 0 aliphatic heterocycles. The number of nitrogens with zero attached hydrogens (tertiary/aromatic N) is 1. The highest BCUT2D eigenvalue weighted by atomic mass is 19.3. The predicted octanol–water partition coefficient (Wildman–Crippen LogP) is 2.10. The lowest BCUT2D eigenvalue weighted by atomic mass is 10.2. The smallest absolute Gasteiger partial charge is 0.289 e. The van der Waals surface area contributed by atoms with Gasteiger partial charge in [-0.15, -0.1) is 0 Å². The lowest BCUT2D eigenvalue weighted by Crippen LogP contribution is -2.38. The molecule has 2 rings (SSSR count). The molecule has 0 aliphatic rings. The van der Waals surface area contributed by atoms with Crippen molar-refractivity contribution < 1.29 is 18.0 Å². The summed E-state index contributed by atoms with van der Waals surface area (Å²) in [6.45, 7) is -0.452. The molecular weight excluding hydrogens is 254 g/mol.